The summed E-state index contributed by atoms with van der Waals surface area (Å²) in [4.78, 5) is 29.6. The van der Waals surface area contributed by atoms with Crippen molar-refractivity contribution in [3.63, 3.8) is 0 Å². The van der Waals surface area contributed by atoms with E-state index in [9.17, 15) is 14.7 Å². The fraction of sp³-hybridized carbons (Fsp3) is 0.360. The lowest BCUT2D eigenvalue weighted by Gasteiger charge is -2.26. The maximum Gasteiger partial charge on any atom is 0.295 e. The average Bonchev–Trinajstić information content (AvgIpc) is 3.08. The molecule has 0 radical (unpaired) electrons. The number of benzene rings is 2. The normalized spacial score (nSPS) is 17.6. The second-order valence-corrected chi connectivity index (χ2v) is 7.45. The van der Waals surface area contributed by atoms with Gasteiger partial charge in [-0.15, -0.1) is 0 Å². The second-order valence-electron chi connectivity index (χ2n) is 7.45. The Morgan fingerprint density at radius 3 is 2.28 bits per heavy atom. The zero-order valence-electron chi connectivity index (χ0n) is 19.0. The highest BCUT2D eigenvalue weighted by Crippen LogP contribution is 2.41. The van der Waals surface area contributed by atoms with E-state index in [1.807, 2.05) is 24.3 Å². The number of carbonyl (C=O) groups is 2. The highest BCUT2D eigenvalue weighted by molar-refractivity contribution is 6.46. The summed E-state index contributed by atoms with van der Waals surface area (Å²) in [5, 5.41) is 11.2. The van der Waals surface area contributed by atoms with Gasteiger partial charge in [-0.25, -0.2) is 0 Å². The zero-order chi connectivity index (χ0) is 23.3. The van der Waals surface area contributed by atoms with Gasteiger partial charge in [-0.3, -0.25) is 9.59 Å². The minimum absolute atomic E-state index is 0.0474. The topological polar surface area (TPSA) is 79.3 Å². The van der Waals surface area contributed by atoms with E-state index in [1.165, 1.54) is 12.0 Å². The van der Waals surface area contributed by atoms with E-state index in [-0.39, 0.29) is 24.5 Å². The number of hydrogen-bond donors (Lipinski definition) is 1. The van der Waals surface area contributed by atoms with E-state index in [0.29, 0.717) is 11.3 Å². The highest BCUT2D eigenvalue weighted by atomic mass is 16.5. The van der Waals surface area contributed by atoms with Gasteiger partial charge in [0.15, 0.2) is 0 Å². The van der Waals surface area contributed by atoms with Crippen LogP contribution in [-0.2, 0) is 14.3 Å². The van der Waals surface area contributed by atoms with Crippen molar-refractivity contribution in [1.29, 1.82) is 0 Å². The first-order valence-electron chi connectivity index (χ1n) is 10.7. The fourth-order valence-electron chi connectivity index (χ4n) is 4.09. The van der Waals surface area contributed by atoms with Crippen molar-refractivity contribution in [2.24, 2.45) is 0 Å². The van der Waals surface area contributed by atoms with E-state index >= 15 is 0 Å². The Bertz CT molecular complexity index is 996. The van der Waals surface area contributed by atoms with Crippen molar-refractivity contribution in [3.8, 4) is 5.75 Å². The number of amides is 1. The Balaban J connectivity index is 2.14. The van der Waals surface area contributed by atoms with E-state index in [0.717, 1.165) is 24.3 Å². The van der Waals surface area contributed by atoms with Crippen molar-refractivity contribution >= 4 is 23.1 Å². The molecule has 7 nitrogen and oxygen atoms in total. The summed E-state index contributed by atoms with van der Waals surface area (Å²) in [6.45, 7) is 6.42. The molecule has 170 valence electrons. The molecule has 32 heavy (non-hydrogen) atoms. The number of anilines is 1. The van der Waals surface area contributed by atoms with Crippen LogP contribution in [-0.4, -0.2) is 62.2 Å². The number of aliphatic hydroxyl groups is 1. The van der Waals surface area contributed by atoms with Crippen LogP contribution >= 0.6 is 0 Å². The smallest absolute Gasteiger partial charge is 0.295 e. The molecule has 1 fully saturated rings. The first-order chi connectivity index (χ1) is 15.5. The lowest BCUT2D eigenvalue weighted by atomic mass is 9.94. The molecule has 1 unspecified atom stereocenters. The van der Waals surface area contributed by atoms with Crippen LogP contribution in [0.5, 0.6) is 5.75 Å². The Morgan fingerprint density at radius 2 is 1.69 bits per heavy atom. The molecule has 0 saturated carbocycles. The number of ether oxygens (including phenoxy) is 2. The summed E-state index contributed by atoms with van der Waals surface area (Å²) in [6, 6.07) is 13.9. The minimum Gasteiger partial charge on any atom is -0.507 e. The molecule has 2 aromatic rings. The molecule has 1 N–H and O–H groups in total. The van der Waals surface area contributed by atoms with Crippen LogP contribution in [0.3, 0.4) is 0 Å². The van der Waals surface area contributed by atoms with Gasteiger partial charge in [-0.2, -0.15) is 0 Å². The average molecular weight is 439 g/mol. The van der Waals surface area contributed by atoms with E-state index in [1.54, 1.807) is 31.4 Å². The number of methoxy groups -OCH3 is 2. The first-order valence-corrected chi connectivity index (χ1v) is 10.7. The van der Waals surface area contributed by atoms with Gasteiger partial charge in [-0.05, 0) is 43.7 Å². The molecule has 1 aliphatic heterocycles. The molecule has 0 aliphatic carbocycles. The lowest BCUT2D eigenvalue weighted by molar-refractivity contribution is -0.140. The SMILES string of the molecule is CCN(CC)c1ccc(C2/C(=C(/O)c3ccccc3OC)C(=O)C(=O)N2CCOC)cc1. The summed E-state index contributed by atoms with van der Waals surface area (Å²) in [5.41, 5.74) is 2.21. The van der Waals surface area contributed by atoms with Gasteiger partial charge in [0.25, 0.3) is 11.7 Å². The van der Waals surface area contributed by atoms with E-state index in [2.05, 4.69) is 18.7 Å². The van der Waals surface area contributed by atoms with Crippen LogP contribution in [0.25, 0.3) is 5.76 Å². The number of likely N-dealkylation sites (tertiary alicyclic amines) is 1. The molecule has 1 amide bonds. The summed E-state index contributed by atoms with van der Waals surface area (Å²) >= 11 is 0. The van der Waals surface area contributed by atoms with Crippen molar-refractivity contribution in [2.45, 2.75) is 19.9 Å². The van der Waals surface area contributed by atoms with Crippen LogP contribution in [0.15, 0.2) is 54.1 Å². The number of ketones is 1. The Kier molecular flexibility index (Phi) is 7.53. The summed E-state index contributed by atoms with van der Waals surface area (Å²) in [6.07, 6.45) is 0. The Labute approximate surface area is 188 Å². The van der Waals surface area contributed by atoms with Crippen molar-refractivity contribution in [1.82, 2.24) is 4.90 Å². The number of nitrogens with zero attached hydrogens (tertiary/aromatic N) is 2. The van der Waals surface area contributed by atoms with Crippen LogP contribution < -0.4 is 9.64 Å². The third kappa shape index (κ3) is 4.34. The molecule has 0 bridgehead atoms. The molecule has 7 heteroatoms. The van der Waals surface area contributed by atoms with Gasteiger partial charge in [0, 0.05) is 32.4 Å². The molecule has 3 rings (SSSR count). The number of carbonyl (C=O) groups excluding carboxylic acids is 2. The largest absolute Gasteiger partial charge is 0.507 e. The fourth-order valence-corrected chi connectivity index (χ4v) is 4.09. The van der Waals surface area contributed by atoms with Crippen molar-refractivity contribution in [3.05, 3.63) is 65.2 Å². The van der Waals surface area contributed by atoms with Crippen LogP contribution in [0.4, 0.5) is 5.69 Å². The molecule has 2 aromatic carbocycles. The van der Waals surface area contributed by atoms with Gasteiger partial charge in [0.2, 0.25) is 0 Å². The standard InChI is InChI=1S/C25H30N2O5/c1-5-26(6-2)18-13-11-17(12-14-18)22-21(24(29)25(30)27(22)15-16-31-3)23(28)19-9-7-8-10-20(19)32-4/h7-14,22,28H,5-6,15-16H2,1-4H3/b23-21-. The third-order valence-electron chi connectivity index (χ3n) is 5.78. The van der Waals surface area contributed by atoms with Crippen LogP contribution in [0.1, 0.15) is 31.0 Å². The lowest BCUT2D eigenvalue weighted by Crippen LogP contribution is -2.32. The van der Waals surface area contributed by atoms with Gasteiger partial charge in [0.1, 0.15) is 11.5 Å². The molecule has 1 saturated heterocycles. The predicted molar refractivity (Wildman–Crippen MR) is 124 cm³/mol. The minimum atomic E-state index is -0.721. The van der Waals surface area contributed by atoms with Crippen LogP contribution in [0, 0.1) is 0 Å². The van der Waals surface area contributed by atoms with E-state index in [4.69, 9.17) is 9.47 Å². The zero-order valence-corrected chi connectivity index (χ0v) is 19.0. The van der Waals surface area contributed by atoms with Gasteiger partial charge < -0.3 is 24.4 Å². The second kappa shape index (κ2) is 10.3. The van der Waals surface area contributed by atoms with Gasteiger partial charge in [-0.1, -0.05) is 24.3 Å². The van der Waals surface area contributed by atoms with Gasteiger partial charge >= 0.3 is 0 Å². The number of aliphatic hydroxyl groups excluding tert-OH is 1. The monoisotopic (exact) mass is 438 g/mol. The van der Waals surface area contributed by atoms with Crippen LogP contribution in [0.2, 0.25) is 0 Å². The third-order valence-corrected chi connectivity index (χ3v) is 5.78. The maximum atomic E-state index is 13.0. The number of hydrogen-bond acceptors (Lipinski definition) is 6. The first kappa shape index (κ1) is 23.3. The summed E-state index contributed by atoms with van der Waals surface area (Å²) < 4.78 is 10.5. The number of Topliss-reactive ketones (excluding diaryl/α,β-unsaturated/α-hetero) is 1. The summed E-state index contributed by atoms with van der Waals surface area (Å²) in [7, 11) is 3.03. The van der Waals surface area contributed by atoms with E-state index < -0.39 is 17.7 Å². The Morgan fingerprint density at radius 1 is 1.03 bits per heavy atom. The number of rotatable bonds is 9. The predicted octanol–water partition coefficient (Wildman–Crippen LogP) is 3.61. The molecule has 0 spiro atoms. The molecule has 1 aliphatic rings. The molecule has 0 aromatic heterocycles. The molecular formula is C25H30N2O5. The highest BCUT2D eigenvalue weighted by Gasteiger charge is 2.46. The van der Waals surface area contributed by atoms with Gasteiger partial charge in [0.05, 0.1) is 30.9 Å². The molecule has 1 atom stereocenters. The summed E-state index contributed by atoms with van der Waals surface area (Å²) in [5.74, 6) is -1.21. The molecular weight excluding hydrogens is 408 g/mol. The number of para-hydroxylation sites is 1. The Hall–Kier alpha value is -3.32. The quantitative estimate of drug-likeness (QED) is 0.366. The van der Waals surface area contributed by atoms with Crippen molar-refractivity contribution in [2.75, 3.05) is 45.4 Å². The maximum absolute atomic E-state index is 13.0. The molecule has 1 heterocycles. The van der Waals surface area contributed by atoms with Crippen molar-refractivity contribution < 1.29 is 24.2 Å².